The molecule has 0 bridgehead atoms. The Hall–Kier alpha value is -0.990. The maximum atomic E-state index is 5.57. The molecule has 0 unspecified atom stereocenters. The van der Waals surface area contributed by atoms with Crippen molar-refractivity contribution in [3.63, 3.8) is 0 Å². The van der Waals surface area contributed by atoms with E-state index < -0.39 is 0 Å². The molecule has 0 aliphatic carbocycles. The summed E-state index contributed by atoms with van der Waals surface area (Å²) in [5.41, 5.74) is 7.47. The van der Waals surface area contributed by atoms with Gasteiger partial charge < -0.3 is 5.73 Å². The zero-order chi connectivity index (χ0) is 6.85. The Morgan fingerprint density at radius 1 is 1.78 bits per heavy atom. The second kappa shape index (κ2) is 2.09. The van der Waals surface area contributed by atoms with Crippen LogP contribution in [0.5, 0.6) is 0 Å². The van der Waals surface area contributed by atoms with Gasteiger partial charge in [0.25, 0.3) is 0 Å². The van der Waals surface area contributed by atoms with E-state index in [1.54, 1.807) is 10.9 Å². The van der Waals surface area contributed by atoms with Crippen molar-refractivity contribution in [2.45, 2.75) is 13.3 Å². The molecule has 0 aliphatic rings. The van der Waals surface area contributed by atoms with Gasteiger partial charge in [0.05, 0.1) is 17.6 Å². The maximum absolute atomic E-state index is 5.57. The van der Waals surface area contributed by atoms with Gasteiger partial charge in [0, 0.05) is 7.05 Å². The largest absolute Gasteiger partial charge is 0.396 e. The normalized spacial score (nSPS) is 10.0. The maximum Gasteiger partial charge on any atom is 0.0732 e. The first-order valence-corrected chi connectivity index (χ1v) is 3.02. The summed E-state index contributed by atoms with van der Waals surface area (Å²) in [6, 6.07) is 0. The molecule has 1 aromatic rings. The molecule has 3 heteroatoms. The molecule has 0 spiro atoms. The van der Waals surface area contributed by atoms with Crippen molar-refractivity contribution in [3.8, 4) is 0 Å². The molecule has 3 nitrogen and oxygen atoms in total. The Bertz CT molecular complexity index is 183. The Kier molecular flexibility index (Phi) is 1.42. The van der Waals surface area contributed by atoms with Crippen LogP contribution in [0.4, 0.5) is 5.69 Å². The molecule has 0 aliphatic heterocycles. The van der Waals surface area contributed by atoms with Gasteiger partial charge in [-0.1, -0.05) is 6.92 Å². The molecule has 0 aromatic carbocycles. The van der Waals surface area contributed by atoms with Crippen molar-refractivity contribution >= 4 is 5.69 Å². The van der Waals surface area contributed by atoms with E-state index in [1.807, 2.05) is 7.05 Å². The molecule has 0 atom stereocenters. The summed E-state index contributed by atoms with van der Waals surface area (Å²) < 4.78 is 1.80. The second-order valence-electron chi connectivity index (χ2n) is 2.02. The van der Waals surface area contributed by atoms with Gasteiger partial charge in [-0.2, -0.15) is 5.10 Å². The van der Waals surface area contributed by atoms with Crippen LogP contribution in [0.15, 0.2) is 6.20 Å². The molecule has 1 aromatic heterocycles. The topological polar surface area (TPSA) is 43.8 Å². The van der Waals surface area contributed by atoms with Crippen molar-refractivity contribution in [1.29, 1.82) is 0 Å². The number of nitrogens with two attached hydrogens (primary N) is 1. The minimum Gasteiger partial charge on any atom is -0.396 e. The number of anilines is 1. The number of nitrogens with zero attached hydrogens (tertiary/aromatic N) is 2. The van der Waals surface area contributed by atoms with Crippen LogP contribution in [0.1, 0.15) is 12.6 Å². The zero-order valence-corrected chi connectivity index (χ0v) is 5.76. The Morgan fingerprint density at radius 3 is 2.67 bits per heavy atom. The fraction of sp³-hybridized carbons (Fsp3) is 0.500. The lowest BCUT2D eigenvalue weighted by Gasteiger charge is -1.96. The summed E-state index contributed by atoms with van der Waals surface area (Å²) in [4.78, 5) is 0. The van der Waals surface area contributed by atoms with Crippen LogP contribution in [-0.2, 0) is 13.5 Å². The predicted octanol–water partition coefficient (Wildman–Crippen LogP) is 0.565. The summed E-state index contributed by atoms with van der Waals surface area (Å²) in [7, 11) is 1.90. The smallest absolute Gasteiger partial charge is 0.0732 e. The minimum absolute atomic E-state index is 0.792. The molecular formula is C6H11N3. The first-order valence-electron chi connectivity index (χ1n) is 3.02. The molecular weight excluding hydrogens is 114 g/mol. The van der Waals surface area contributed by atoms with Gasteiger partial charge in [0.2, 0.25) is 0 Å². The number of rotatable bonds is 1. The summed E-state index contributed by atoms with van der Waals surface area (Å²) >= 11 is 0. The standard InChI is InChI=1S/C6H11N3/c1-3-6-5(7)4-8-9(6)2/h4H,3,7H2,1-2H3. The summed E-state index contributed by atoms with van der Waals surface area (Å²) in [6.07, 6.45) is 2.63. The average molecular weight is 125 g/mol. The van der Waals surface area contributed by atoms with Crippen LogP contribution in [0, 0.1) is 0 Å². The van der Waals surface area contributed by atoms with Crippen LogP contribution in [-0.4, -0.2) is 9.78 Å². The Morgan fingerprint density at radius 2 is 2.44 bits per heavy atom. The fourth-order valence-corrected chi connectivity index (χ4v) is 0.913. The first-order chi connectivity index (χ1) is 4.25. The number of hydrogen-bond donors (Lipinski definition) is 1. The highest BCUT2D eigenvalue weighted by Gasteiger charge is 1.99. The zero-order valence-electron chi connectivity index (χ0n) is 5.76. The van der Waals surface area contributed by atoms with Gasteiger partial charge in [0.1, 0.15) is 0 Å². The van der Waals surface area contributed by atoms with Gasteiger partial charge in [-0.05, 0) is 6.42 Å². The van der Waals surface area contributed by atoms with Crippen LogP contribution in [0.3, 0.4) is 0 Å². The number of aromatic nitrogens is 2. The summed E-state index contributed by atoms with van der Waals surface area (Å²) in [5, 5.41) is 3.98. The van der Waals surface area contributed by atoms with Crippen LogP contribution < -0.4 is 5.73 Å². The van der Waals surface area contributed by atoms with Crippen molar-refractivity contribution in [2.24, 2.45) is 7.05 Å². The van der Waals surface area contributed by atoms with Crippen molar-refractivity contribution in [2.75, 3.05) is 5.73 Å². The van der Waals surface area contributed by atoms with E-state index in [-0.39, 0.29) is 0 Å². The first kappa shape index (κ1) is 6.13. The van der Waals surface area contributed by atoms with E-state index >= 15 is 0 Å². The van der Waals surface area contributed by atoms with Crippen LogP contribution in [0.25, 0.3) is 0 Å². The van der Waals surface area contributed by atoms with Crippen LogP contribution >= 0.6 is 0 Å². The van der Waals surface area contributed by atoms with Gasteiger partial charge in [-0.15, -0.1) is 0 Å². The molecule has 2 N–H and O–H groups in total. The molecule has 0 saturated heterocycles. The monoisotopic (exact) mass is 125 g/mol. The van der Waals surface area contributed by atoms with Gasteiger partial charge in [0.15, 0.2) is 0 Å². The highest BCUT2D eigenvalue weighted by molar-refractivity contribution is 5.40. The van der Waals surface area contributed by atoms with Crippen molar-refractivity contribution in [1.82, 2.24) is 9.78 Å². The van der Waals surface area contributed by atoms with E-state index in [0.717, 1.165) is 17.8 Å². The van der Waals surface area contributed by atoms with Gasteiger partial charge >= 0.3 is 0 Å². The molecule has 0 radical (unpaired) electrons. The molecule has 0 amide bonds. The summed E-state index contributed by atoms with van der Waals surface area (Å²) in [5.74, 6) is 0. The Labute approximate surface area is 54.5 Å². The molecule has 0 fully saturated rings. The lowest BCUT2D eigenvalue weighted by Crippen LogP contribution is -1.98. The minimum atomic E-state index is 0.792. The lowest BCUT2D eigenvalue weighted by molar-refractivity contribution is 0.719. The number of hydrogen-bond acceptors (Lipinski definition) is 2. The highest BCUT2D eigenvalue weighted by Crippen LogP contribution is 2.08. The number of aryl methyl sites for hydroxylation is 1. The van der Waals surface area contributed by atoms with Crippen LogP contribution in [0.2, 0.25) is 0 Å². The second-order valence-corrected chi connectivity index (χ2v) is 2.02. The third-order valence-corrected chi connectivity index (χ3v) is 1.43. The van der Waals surface area contributed by atoms with Crippen molar-refractivity contribution in [3.05, 3.63) is 11.9 Å². The molecule has 50 valence electrons. The van der Waals surface area contributed by atoms with Crippen molar-refractivity contribution < 1.29 is 0 Å². The van der Waals surface area contributed by atoms with E-state index in [4.69, 9.17) is 5.73 Å². The lowest BCUT2D eigenvalue weighted by atomic mass is 10.3. The van der Waals surface area contributed by atoms with Gasteiger partial charge in [-0.3, -0.25) is 4.68 Å². The van der Waals surface area contributed by atoms with Gasteiger partial charge in [-0.25, -0.2) is 0 Å². The van der Waals surface area contributed by atoms with E-state index in [0.29, 0.717) is 0 Å². The quantitative estimate of drug-likeness (QED) is 0.596. The predicted molar refractivity (Wildman–Crippen MR) is 37.0 cm³/mol. The Balaban J connectivity index is 3.07. The SMILES string of the molecule is CCc1c(N)cnn1C. The third-order valence-electron chi connectivity index (χ3n) is 1.43. The molecule has 9 heavy (non-hydrogen) atoms. The third kappa shape index (κ3) is 0.896. The molecule has 1 rings (SSSR count). The van der Waals surface area contributed by atoms with E-state index in [2.05, 4.69) is 12.0 Å². The number of nitrogen functional groups attached to an aromatic ring is 1. The van der Waals surface area contributed by atoms with E-state index in [1.165, 1.54) is 0 Å². The molecule has 1 heterocycles. The molecule has 0 saturated carbocycles. The summed E-state index contributed by atoms with van der Waals surface area (Å²) in [6.45, 7) is 2.06. The van der Waals surface area contributed by atoms with E-state index in [9.17, 15) is 0 Å². The highest BCUT2D eigenvalue weighted by atomic mass is 15.3. The fourth-order valence-electron chi connectivity index (χ4n) is 0.913. The average Bonchev–Trinajstić information content (AvgIpc) is 2.12.